The number of rotatable bonds is 9. The highest BCUT2D eigenvalue weighted by Crippen LogP contribution is 2.13. The molecule has 3 N–H and O–H groups in total. The third kappa shape index (κ3) is 16.3. The summed E-state index contributed by atoms with van der Waals surface area (Å²) in [5.41, 5.74) is 4.13. The van der Waals surface area contributed by atoms with Crippen molar-refractivity contribution in [2.75, 3.05) is 19.6 Å². The van der Waals surface area contributed by atoms with Crippen LogP contribution >= 0.6 is 0 Å². The van der Waals surface area contributed by atoms with E-state index in [2.05, 4.69) is 5.32 Å². The van der Waals surface area contributed by atoms with Gasteiger partial charge < -0.3 is 30.2 Å². The van der Waals surface area contributed by atoms with Crippen molar-refractivity contribution in [2.45, 2.75) is 104 Å². The second kappa shape index (κ2) is 12.1. The van der Waals surface area contributed by atoms with E-state index in [1.54, 1.807) is 67.2 Å². The van der Waals surface area contributed by atoms with Gasteiger partial charge in [0.05, 0.1) is 0 Å². The summed E-state index contributed by atoms with van der Waals surface area (Å²) in [7, 11) is 0. The number of hydrogen-bond donors (Lipinski definition) is 2. The molecular formula is C22H43N3O6. The standard InChI is InChI=1S/C22H43N3O6/c1-20(2,3)29-17(26)16(23)12-10-14-25(19(28)31-22(7,8)9)15-11-13-24-18(27)30-21(4,5)6/h16H,10-15,23H2,1-9H3,(H,24,27). The third-order valence-corrected chi connectivity index (χ3v) is 3.58. The van der Waals surface area contributed by atoms with E-state index < -0.39 is 41.0 Å². The van der Waals surface area contributed by atoms with Gasteiger partial charge in [0.25, 0.3) is 0 Å². The number of nitrogens with one attached hydrogen (secondary N) is 1. The Morgan fingerprint density at radius 3 is 1.77 bits per heavy atom. The molecule has 182 valence electrons. The zero-order chi connectivity index (χ0) is 24.5. The quantitative estimate of drug-likeness (QED) is 0.316. The first kappa shape index (κ1) is 29.0. The number of amides is 2. The molecule has 0 saturated carbocycles. The summed E-state index contributed by atoms with van der Waals surface area (Å²) in [4.78, 5) is 37.9. The summed E-state index contributed by atoms with van der Waals surface area (Å²) in [6, 6.07) is -0.756. The van der Waals surface area contributed by atoms with Crippen molar-refractivity contribution in [3.05, 3.63) is 0 Å². The van der Waals surface area contributed by atoms with Gasteiger partial charge >= 0.3 is 18.2 Å². The van der Waals surface area contributed by atoms with Gasteiger partial charge in [-0.2, -0.15) is 0 Å². The summed E-state index contributed by atoms with van der Waals surface area (Å²) in [6.07, 6.45) is 0.468. The maximum absolute atomic E-state index is 12.5. The Labute approximate surface area is 187 Å². The summed E-state index contributed by atoms with van der Waals surface area (Å²) in [5, 5.41) is 2.67. The number of nitrogens with two attached hydrogens (primary N) is 1. The fourth-order valence-corrected chi connectivity index (χ4v) is 2.39. The number of ether oxygens (including phenoxy) is 3. The average molecular weight is 446 g/mol. The van der Waals surface area contributed by atoms with Gasteiger partial charge in [0.2, 0.25) is 0 Å². The topological polar surface area (TPSA) is 120 Å². The highest BCUT2D eigenvalue weighted by molar-refractivity contribution is 5.75. The van der Waals surface area contributed by atoms with E-state index in [1.807, 2.05) is 0 Å². The highest BCUT2D eigenvalue weighted by atomic mass is 16.6. The van der Waals surface area contributed by atoms with Crippen molar-refractivity contribution in [1.82, 2.24) is 10.2 Å². The molecule has 0 aliphatic carbocycles. The van der Waals surface area contributed by atoms with Crippen molar-refractivity contribution in [3.8, 4) is 0 Å². The van der Waals surface area contributed by atoms with Gasteiger partial charge in [0.15, 0.2) is 0 Å². The minimum absolute atomic E-state index is 0.353. The first-order chi connectivity index (χ1) is 13.9. The van der Waals surface area contributed by atoms with E-state index in [0.717, 1.165) is 0 Å². The number of hydrogen-bond acceptors (Lipinski definition) is 7. The van der Waals surface area contributed by atoms with Gasteiger partial charge in [-0.15, -0.1) is 0 Å². The normalized spacial score (nSPS) is 13.2. The van der Waals surface area contributed by atoms with Gasteiger partial charge in [0, 0.05) is 19.6 Å². The van der Waals surface area contributed by atoms with Crippen LogP contribution in [0.1, 0.15) is 81.6 Å². The molecule has 0 heterocycles. The molecule has 9 heteroatoms. The van der Waals surface area contributed by atoms with Crippen molar-refractivity contribution < 1.29 is 28.6 Å². The molecule has 1 unspecified atom stereocenters. The highest BCUT2D eigenvalue weighted by Gasteiger charge is 2.24. The molecule has 1 atom stereocenters. The first-order valence-electron chi connectivity index (χ1n) is 10.8. The molecule has 0 aromatic heterocycles. The predicted octanol–water partition coefficient (Wildman–Crippen LogP) is 3.59. The Kier molecular flexibility index (Phi) is 11.3. The minimum Gasteiger partial charge on any atom is -0.459 e. The lowest BCUT2D eigenvalue weighted by atomic mass is 10.1. The van der Waals surface area contributed by atoms with E-state index in [1.165, 1.54) is 0 Å². The van der Waals surface area contributed by atoms with Gasteiger partial charge in [-0.3, -0.25) is 4.79 Å². The Hall–Kier alpha value is -2.03. The SMILES string of the molecule is CC(C)(C)OC(=O)NCCCN(CCCC(N)C(=O)OC(C)(C)C)C(=O)OC(C)(C)C. The molecule has 0 aliphatic rings. The van der Waals surface area contributed by atoms with Crippen molar-refractivity contribution in [3.63, 3.8) is 0 Å². The van der Waals surface area contributed by atoms with Gasteiger partial charge in [-0.25, -0.2) is 9.59 Å². The van der Waals surface area contributed by atoms with E-state index >= 15 is 0 Å². The Balaban J connectivity index is 4.66. The number of carbonyl (C=O) groups is 3. The van der Waals surface area contributed by atoms with E-state index in [0.29, 0.717) is 38.9 Å². The Bertz CT molecular complexity index is 588. The van der Waals surface area contributed by atoms with Crippen LogP contribution < -0.4 is 11.1 Å². The third-order valence-electron chi connectivity index (χ3n) is 3.58. The van der Waals surface area contributed by atoms with Crippen molar-refractivity contribution >= 4 is 18.2 Å². The van der Waals surface area contributed by atoms with Crippen molar-refractivity contribution in [2.24, 2.45) is 5.73 Å². The smallest absolute Gasteiger partial charge is 0.410 e. The Morgan fingerprint density at radius 2 is 1.29 bits per heavy atom. The summed E-state index contributed by atoms with van der Waals surface area (Å²) in [6.45, 7) is 17.2. The summed E-state index contributed by atoms with van der Waals surface area (Å²) in [5.74, 6) is -0.460. The van der Waals surface area contributed by atoms with Crippen LogP contribution in [0.2, 0.25) is 0 Å². The lowest BCUT2D eigenvalue weighted by molar-refractivity contribution is -0.156. The fourth-order valence-electron chi connectivity index (χ4n) is 2.39. The van der Waals surface area contributed by atoms with Crippen LogP contribution in [0.4, 0.5) is 9.59 Å². The maximum atomic E-state index is 12.5. The van der Waals surface area contributed by atoms with Crippen LogP contribution in [0.3, 0.4) is 0 Å². The molecule has 0 rings (SSSR count). The molecule has 0 radical (unpaired) electrons. The molecule has 0 fully saturated rings. The minimum atomic E-state index is -0.756. The fraction of sp³-hybridized carbons (Fsp3) is 0.864. The molecule has 0 bridgehead atoms. The largest absolute Gasteiger partial charge is 0.459 e. The molecule has 31 heavy (non-hydrogen) atoms. The van der Waals surface area contributed by atoms with E-state index in [4.69, 9.17) is 19.9 Å². The molecule has 0 aromatic rings. The molecule has 9 nitrogen and oxygen atoms in total. The van der Waals surface area contributed by atoms with Crippen LogP contribution in [-0.4, -0.2) is 65.5 Å². The maximum Gasteiger partial charge on any atom is 0.410 e. The lowest BCUT2D eigenvalue weighted by Crippen LogP contribution is -2.41. The van der Waals surface area contributed by atoms with Crippen LogP contribution in [0.25, 0.3) is 0 Å². The van der Waals surface area contributed by atoms with Crippen LogP contribution in [-0.2, 0) is 19.0 Å². The zero-order valence-corrected chi connectivity index (χ0v) is 20.8. The van der Waals surface area contributed by atoms with E-state index in [-0.39, 0.29) is 0 Å². The molecule has 0 aromatic carbocycles. The number of alkyl carbamates (subject to hydrolysis) is 1. The Morgan fingerprint density at radius 1 is 0.806 bits per heavy atom. The average Bonchev–Trinajstić information content (AvgIpc) is 2.51. The molecular weight excluding hydrogens is 402 g/mol. The number of nitrogens with zero attached hydrogens (tertiary/aromatic N) is 1. The molecule has 2 amide bonds. The van der Waals surface area contributed by atoms with Gasteiger partial charge in [-0.05, 0) is 81.6 Å². The van der Waals surface area contributed by atoms with E-state index in [9.17, 15) is 14.4 Å². The summed E-state index contributed by atoms with van der Waals surface area (Å²) < 4.78 is 15.9. The molecule has 0 aliphatic heterocycles. The molecule has 0 saturated heterocycles. The second-order valence-corrected chi connectivity index (χ2v) is 10.5. The monoisotopic (exact) mass is 445 g/mol. The first-order valence-corrected chi connectivity index (χ1v) is 10.8. The van der Waals surface area contributed by atoms with Crippen LogP contribution in [0, 0.1) is 0 Å². The van der Waals surface area contributed by atoms with Gasteiger partial charge in [0.1, 0.15) is 22.8 Å². The number of carbonyl (C=O) groups excluding carboxylic acids is 3. The van der Waals surface area contributed by atoms with Crippen molar-refractivity contribution in [1.29, 1.82) is 0 Å². The lowest BCUT2D eigenvalue weighted by Gasteiger charge is -2.28. The second-order valence-electron chi connectivity index (χ2n) is 10.5. The van der Waals surface area contributed by atoms with Crippen LogP contribution in [0.15, 0.2) is 0 Å². The van der Waals surface area contributed by atoms with Crippen LogP contribution in [0.5, 0.6) is 0 Å². The predicted molar refractivity (Wildman–Crippen MR) is 120 cm³/mol. The zero-order valence-electron chi connectivity index (χ0n) is 20.8. The van der Waals surface area contributed by atoms with Gasteiger partial charge in [-0.1, -0.05) is 0 Å². The molecule has 0 spiro atoms. The number of esters is 1. The summed E-state index contributed by atoms with van der Waals surface area (Å²) >= 11 is 0.